The Balaban J connectivity index is 1.38. The Morgan fingerprint density at radius 3 is 2.00 bits per heavy atom. The minimum atomic E-state index is -1.41. The van der Waals surface area contributed by atoms with Gasteiger partial charge in [-0.15, -0.1) is 6.42 Å². The van der Waals surface area contributed by atoms with E-state index in [1.54, 1.807) is 4.90 Å². The smallest absolute Gasteiger partial charge is 0.184 e. The third kappa shape index (κ3) is 6.69. The summed E-state index contributed by atoms with van der Waals surface area (Å²) in [5.74, 6) is 2.54. The molecule has 0 aromatic heterocycles. The summed E-state index contributed by atoms with van der Waals surface area (Å²) in [6.07, 6.45) is -2.29. The highest BCUT2D eigenvalue weighted by Crippen LogP contribution is 2.29. The molecule has 2 aromatic rings. The minimum absolute atomic E-state index is 0.0295. The average molecular weight is 500 g/mol. The lowest BCUT2D eigenvalue weighted by Gasteiger charge is -2.39. The van der Waals surface area contributed by atoms with Gasteiger partial charge < -0.3 is 39.4 Å². The van der Waals surface area contributed by atoms with E-state index in [9.17, 15) is 20.4 Å². The first-order chi connectivity index (χ1) is 17.5. The Morgan fingerprint density at radius 2 is 1.42 bits per heavy atom. The quantitative estimate of drug-likeness (QED) is 0.368. The van der Waals surface area contributed by atoms with Crippen LogP contribution >= 0.6 is 0 Å². The fourth-order valence-corrected chi connectivity index (χ4v) is 4.36. The molecule has 2 aliphatic rings. The molecule has 4 N–H and O–H groups in total. The first-order valence-electron chi connectivity index (χ1n) is 12.0. The maximum absolute atomic E-state index is 10.9. The molecule has 2 aliphatic heterocycles. The van der Waals surface area contributed by atoms with Crippen LogP contribution in [0.3, 0.4) is 0 Å². The van der Waals surface area contributed by atoms with Crippen LogP contribution in [-0.2, 0) is 18.9 Å². The van der Waals surface area contributed by atoms with Gasteiger partial charge in [0.2, 0.25) is 0 Å². The highest BCUT2D eigenvalue weighted by molar-refractivity contribution is 5.17. The number of hydrogen-bond donors (Lipinski definition) is 4. The summed E-state index contributed by atoms with van der Waals surface area (Å²) < 4.78 is 23.0. The molecule has 9 nitrogen and oxygen atoms in total. The Labute approximate surface area is 210 Å². The average Bonchev–Trinajstić information content (AvgIpc) is 2.91. The van der Waals surface area contributed by atoms with Crippen LogP contribution in [0.25, 0.3) is 0 Å². The normalized spacial score (nSPS) is 30.4. The molecule has 0 bridgehead atoms. The summed E-state index contributed by atoms with van der Waals surface area (Å²) >= 11 is 0. The fourth-order valence-electron chi connectivity index (χ4n) is 4.36. The zero-order valence-corrected chi connectivity index (χ0v) is 19.9. The summed E-state index contributed by atoms with van der Waals surface area (Å²) in [7, 11) is 0. The van der Waals surface area contributed by atoms with Crippen LogP contribution in [0.4, 0.5) is 0 Å². The van der Waals surface area contributed by atoms with Gasteiger partial charge in [0, 0.05) is 24.2 Å². The van der Waals surface area contributed by atoms with Crippen molar-refractivity contribution in [1.82, 2.24) is 4.90 Å². The Morgan fingerprint density at radius 1 is 0.861 bits per heavy atom. The summed E-state index contributed by atoms with van der Waals surface area (Å²) in [6, 6.07) is 18.6. The van der Waals surface area contributed by atoms with Crippen LogP contribution in [0.2, 0.25) is 0 Å². The van der Waals surface area contributed by atoms with Gasteiger partial charge in [0.25, 0.3) is 0 Å². The van der Waals surface area contributed by atoms with E-state index in [1.807, 2.05) is 60.7 Å². The van der Waals surface area contributed by atoms with Crippen LogP contribution in [0.1, 0.15) is 23.7 Å². The summed E-state index contributed by atoms with van der Waals surface area (Å²) in [5, 5.41) is 42.6. The monoisotopic (exact) mass is 499 g/mol. The summed E-state index contributed by atoms with van der Waals surface area (Å²) in [5.41, 5.74) is 1.57. The molecule has 2 unspecified atom stereocenters. The van der Waals surface area contributed by atoms with Crippen LogP contribution < -0.4 is 0 Å². The van der Waals surface area contributed by atoms with Crippen molar-refractivity contribution in [2.75, 3.05) is 32.8 Å². The molecule has 194 valence electrons. The number of aliphatic hydroxyl groups excluding tert-OH is 4. The molecule has 2 saturated heterocycles. The standard InChI is InChI=1S/C27H33NO8/c1-2-13-28(15-23-21(30)16-33-26(35-23)18-9-5-3-6-10-18)14-20(29)24(32)25-22(31)17-34-27(36-25)19-11-7-4-8-12-19/h1,3-12,20-27,29-32H,13-17H2/t20-,21-,22+,23-,24+,25+,26?,27?/m0/s1. The van der Waals surface area contributed by atoms with E-state index in [2.05, 4.69) is 5.92 Å². The predicted octanol–water partition coefficient (Wildman–Crippen LogP) is 0.594. The van der Waals surface area contributed by atoms with Gasteiger partial charge in [-0.3, -0.25) is 4.90 Å². The van der Waals surface area contributed by atoms with Gasteiger partial charge in [0.05, 0.1) is 25.9 Å². The maximum Gasteiger partial charge on any atom is 0.184 e. The molecule has 9 heteroatoms. The number of rotatable bonds is 9. The maximum atomic E-state index is 10.9. The molecular formula is C27H33NO8. The molecular weight excluding hydrogens is 466 g/mol. The van der Waals surface area contributed by atoms with Crippen LogP contribution in [0, 0.1) is 12.3 Å². The Bertz CT molecular complexity index is 971. The SMILES string of the molecule is C#CCN(C[C@@H]1OC(c2ccccc2)OC[C@@H]1O)C[C@H](O)[C@@H](O)[C@@H]1OC(c2ccccc2)OC[C@H]1O. The van der Waals surface area contributed by atoms with E-state index in [1.165, 1.54) is 0 Å². The highest BCUT2D eigenvalue weighted by Gasteiger charge is 2.40. The van der Waals surface area contributed by atoms with Crippen molar-refractivity contribution in [3.63, 3.8) is 0 Å². The number of ether oxygens (including phenoxy) is 4. The van der Waals surface area contributed by atoms with Crippen molar-refractivity contribution in [2.45, 2.75) is 49.2 Å². The molecule has 0 radical (unpaired) electrons. The summed E-state index contributed by atoms with van der Waals surface area (Å²) in [6.45, 7) is 0.355. The molecule has 8 atom stereocenters. The molecule has 2 fully saturated rings. The third-order valence-corrected chi connectivity index (χ3v) is 6.30. The van der Waals surface area contributed by atoms with E-state index in [4.69, 9.17) is 25.4 Å². The highest BCUT2D eigenvalue weighted by atomic mass is 16.7. The van der Waals surface area contributed by atoms with Gasteiger partial charge in [0.15, 0.2) is 12.6 Å². The van der Waals surface area contributed by atoms with E-state index in [-0.39, 0.29) is 32.8 Å². The number of nitrogens with zero attached hydrogens (tertiary/aromatic N) is 1. The fraction of sp³-hybridized carbons (Fsp3) is 0.481. The van der Waals surface area contributed by atoms with Gasteiger partial charge in [0.1, 0.15) is 30.5 Å². The second-order valence-corrected chi connectivity index (χ2v) is 9.02. The predicted molar refractivity (Wildman–Crippen MR) is 129 cm³/mol. The lowest BCUT2D eigenvalue weighted by molar-refractivity contribution is -0.284. The molecule has 0 amide bonds. The largest absolute Gasteiger partial charge is 0.389 e. The van der Waals surface area contributed by atoms with Gasteiger partial charge in [-0.1, -0.05) is 66.6 Å². The van der Waals surface area contributed by atoms with Gasteiger partial charge in [-0.25, -0.2) is 0 Å². The van der Waals surface area contributed by atoms with Crippen LogP contribution in [-0.4, -0.2) is 94.8 Å². The van der Waals surface area contributed by atoms with Gasteiger partial charge >= 0.3 is 0 Å². The molecule has 0 saturated carbocycles. The van der Waals surface area contributed by atoms with E-state index in [0.29, 0.717) is 0 Å². The lowest BCUT2D eigenvalue weighted by Crippen LogP contribution is -2.55. The molecule has 4 rings (SSSR count). The second-order valence-electron chi connectivity index (χ2n) is 9.02. The first kappa shape index (κ1) is 26.7. The van der Waals surface area contributed by atoms with Crippen molar-refractivity contribution >= 4 is 0 Å². The molecule has 2 heterocycles. The molecule has 2 aromatic carbocycles. The zero-order valence-electron chi connectivity index (χ0n) is 19.9. The molecule has 36 heavy (non-hydrogen) atoms. The number of benzene rings is 2. The minimum Gasteiger partial charge on any atom is -0.389 e. The van der Waals surface area contributed by atoms with Crippen LogP contribution in [0.15, 0.2) is 60.7 Å². The van der Waals surface area contributed by atoms with E-state index >= 15 is 0 Å². The lowest BCUT2D eigenvalue weighted by atomic mass is 10.0. The van der Waals surface area contributed by atoms with E-state index in [0.717, 1.165) is 11.1 Å². The first-order valence-corrected chi connectivity index (χ1v) is 12.0. The molecule has 0 aliphatic carbocycles. The van der Waals surface area contributed by atoms with Gasteiger partial charge in [-0.05, 0) is 0 Å². The summed E-state index contributed by atoms with van der Waals surface area (Å²) in [4.78, 5) is 1.70. The van der Waals surface area contributed by atoms with Crippen LogP contribution in [0.5, 0.6) is 0 Å². The Hall–Kier alpha value is -2.36. The zero-order chi connectivity index (χ0) is 25.5. The van der Waals surface area contributed by atoms with E-state index < -0.39 is 49.2 Å². The third-order valence-electron chi connectivity index (χ3n) is 6.30. The van der Waals surface area contributed by atoms with Crippen molar-refractivity contribution in [2.24, 2.45) is 0 Å². The second kappa shape index (κ2) is 12.7. The number of terminal acetylenes is 1. The van der Waals surface area contributed by atoms with Crippen molar-refractivity contribution in [1.29, 1.82) is 0 Å². The van der Waals surface area contributed by atoms with Gasteiger partial charge in [-0.2, -0.15) is 0 Å². The van der Waals surface area contributed by atoms with Crippen molar-refractivity contribution in [3.8, 4) is 12.3 Å². The molecule has 0 spiro atoms. The topological polar surface area (TPSA) is 121 Å². The number of aliphatic hydroxyl groups is 4. The van der Waals surface area contributed by atoms with Crippen molar-refractivity contribution in [3.05, 3.63) is 71.8 Å². The Kier molecular flexibility index (Phi) is 9.45. The number of hydrogen-bond acceptors (Lipinski definition) is 9. The van der Waals surface area contributed by atoms with Crippen molar-refractivity contribution < 1.29 is 39.4 Å².